The van der Waals surface area contributed by atoms with Gasteiger partial charge in [0.25, 0.3) is 0 Å². The van der Waals surface area contributed by atoms with Crippen molar-refractivity contribution in [1.29, 1.82) is 0 Å². The Morgan fingerprint density at radius 3 is 2.14 bits per heavy atom. The van der Waals surface area contributed by atoms with Crippen LogP contribution in [0.2, 0.25) is 0 Å². The summed E-state index contributed by atoms with van der Waals surface area (Å²) < 4.78 is 28.9. The molecule has 11 nitrogen and oxygen atoms in total. The Kier molecular flexibility index (Phi) is 9.89. The van der Waals surface area contributed by atoms with E-state index in [1.165, 1.54) is 30.9 Å². The molecule has 0 aliphatic heterocycles. The molecule has 0 aromatic heterocycles. The molecule has 0 saturated heterocycles. The largest absolute Gasteiger partial charge is 0.497 e. The molecule has 0 spiro atoms. The number of methoxy groups -OCH3 is 1. The topological polar surface area (TPSA) is 135 Å². The van der Waals surface area contributed by atoms with Gasteiger partial charge in [-0.25, -0.2) is 9.52 Å². The van der Waals surface area contributed by atoms with E-state index in [0.29, 0.717) is 11.4 Å². The van der Waals surface area contributed by atoms with Crippen molar-refractivity contribution in [3.63, 3.8) is 0 Å². The van der Waals surface area contributed by atoms with Gasteiger partial charge < -0.3 is 19.9 Å². The molecule has 0 unspecified atom stereocenters. The number of hydrogen-bond acceptors (Lipinski definition) is 7. The average Bonchev–Trinajstić information content (AvgIpc) is 2.82. The van der Waals surface area contributed by atoms with Gasteiger partial charge in [-0.1, -0.05) is 30.3 Å². The zero-order valence-electron chi connectivity index (χ0n) is 20.5. The van der Waals surface area contributed by atoms with E-state index >= 15 is 0 Å². The second kappa shape index (κ2) is 12.4. The first-order chi connectivity index (χ1) is 16.4. The third-order valence-electron chi connectivity index (χ3n) is 5.20. The van der Waals surface area contributed by atoms with Crippen molar-refractivity contribution in [3.8, 4) is 5.75 Å². The highest BCUT2D eigenvalue weighted by atomic mass is 32.3. The van der Waals surface area contributed by atoms with Crippen LogP contribution in [0, 0.1) is 0 Å². The van der Waals surface area contributed by atoms with E-state index in [2.05, 4.69) is 10.0 Å². The number of benzene rings is 2. The van der Waals surface area contributed by atoms with Crippen LogP contribution in [0.4, 0.5) is 10.5 Å². The van der Waals surface area contributed by atoms with Gasteiger partial charge in [0.2, 0.25) is 11.8 Å². The number of carbonyl (C=O) groups excluding carboxylic acids is 3. The van der Waals surface area contributed by atoms with Gasteiger partial charge in [-0.05, 0) is 40.8 Å². The SMILES string of the molecule is COc1ccc(N(C)C(=O)[C@H](Cc2ccccc2)NC(=O)NS(O)(O)N(C)CC(=O)N(C)C)cc1.[HH].[HH]. The molecule has 35 heavy (non-hydrogen) atoms. The van der Waals surface area contributed by atoms with Crippen molar-refractivity contribution in [2.45, 2.75) is 12.5 Å². The lowest BCUT2D eigenvalue weighted by Gasteiger charge is -2.40. The van der Waals surface area contributed by atoms with Crippen molar-refractivity contribution in [2.75, 3.05) is 46.7 Å². The second-order valence-electron chi connectivity index (χ2n) is 8.01. The molecule has 0 heterocycles. The van der Waals surface area contributed by atoms with E-state index in [0.717, 1.165) is 9.87 Å². The van der Waals surface area contributed by atoms with Crippen LogP contribution in [-0.4, -0.2) is 84.0 Å². The Hall–Kier alpha value is -3.32. The van der Waals surface area contributed by atoms with E-state index in [9.17, 15) is 23.5 Å². The van der Waals surface area contributed by atoms with Gasteiger partial charge in [-0.15, -0.1) is 0 Å². The minimum atomic E-state index is -3.83. The lowest BCUT2D eigenvalue weighted by molar-refractivity contribution is -0.128. The van der Waals surface area contributed by atoms with Crippen LogP contribution in [-0.2, 0) is 16.0 Å². The Bertz CT molecular complexity index is 1010. The summed E-state index contributed by atoms with van der Waals surface area (Å²) in [6.45, 7) is -0.331. The molecule has 0 radical (unpaired) electrons. The first-order valence-electron chi connectivity index (χ1n) is 10.7. The number of nitrogens with zero attached hydrogens (tertiary/aromatic N) is 3. The fourth-order valence-electron chi connectivity index (χ4n) is 3.03. The van der Waals surface area contributed by atoms with Gasteiger partial charge in [0.15, 0.2) is 0 Å². The summed E-state index contributed by atoms with van der Waals surface area (Å²) in [5.74, 6) is -0.162. The van der Waals surface area contributed by atoms with Crippen LogP contribution in [0.15, 0.2) is 54.6 Å². The fraction of sp³-hybridized carbons (Fsp3) is 0.348. The van der Waals surface area contributed by atoms with Gasteiger partial charge in [-0.3, -0.25) is 18.7 Å². The fourth-order valence-corrected chi connectivity index (χ4v) is 3.78. The zero-order valence-corrected chi connectivity index (χ0v) is 21.3. The van der Waals surface area contributed by atoms with Gasteiger partial charge in [0, 0.05) is 43.2 Å². The van der Waals surface area contributed by atoms with E-state index in [1.54, 1.807) is 38.4 Å². The van der Waals surface area contributed by atoms with Gasteiger partial charge in [0.1, 0.15) is 11.8 Å². The molecule has 196 valence electrons. The molecule has 0 bridgehead atoms. The third-order valence-corrected chi connectivity index (χ3v) is 6.65. The number of ether oxygens (including phenoxy) is 1. The highest BCUT2D eigenvalue weighted by Gasteiger charge is 2.29. The number of anilines is 1. The van der Waals surface area contributed by atoms with Gasteiger partial charge >= 0.3 is 6.03 Å². The maximum atomic E-state index is 13.3. The number of nitrogens with one attached hydrogen (secondary N) is 2. The molecule has 2 aromatic rings. The van der Waals surface area contributed by atoms with Crippen LogP contribution in [0.25, 0.3) is 0 Å². The Morgan fingerprint density at radius 2 is 1.60 bits per heavy atom. The van der Waals surface area contributed by atoms with Crippen molar-refractivity contribution in [1.82, 2.24) is 19.2 Å². The van der Waals surface area contributed by atoms with E-state index < -0.39 is 28.9 Å². The van der Waals surface area contributed by atoms with Crippen molar-refractivity contribution in [3.05, 3.63) is 60.2 Å². The summed E-state index contributed by atoms with van der Waals surface area (Å²) in [5.41, 5.74) is 1.39. The maximum Gasteiger partial charge on any atom is 0.334 e. The van der Waals surface area contributed by atoms with Crippen LogP contribution in [0.5, 0.6) is 5.75 Å². The van der Waals surface area contributed by atoms with E-state index in [4.69, 9.17) is 4.74 Å². The third kappa shape index (κ3) is 8.14. The van der Waals surface area contributed by atoms with Crippen LogP contribution in [0.3, 0.4) is 0 Å². The Morgan fingerprint density at radius 1 is 1.00 bits per heavy atom. The molecule has 0 aliphatic carbocycles. The van der Waals surface area contributed by atoms with Crippen molar-refractivity contribution >= 4 is 34.5 Å². The maximum absolute atomic E-state index is 13.3. The van der Waals surface area contributed by atoms with Crippen LogP contribution >= 0.6 is 11.0 Å². The zero-order chi connectivity index (χ0) is 26.2. The molecule has 4 N–H and O–H groups in total. The smallest absolute Gasteiger partial charge is 0.334 e. The lowest BCUT2D eigenvalue weighted by Crippen LogP contribution is -2.53. The summed E-state index contributed by atoms with van der Waals surface area (Å²) in [6.07, 6.45) is 0.168. The Balaban J connectivity index is 0.00000648. The number of hydrogen-bond donors (Lipinski definition) is 4. The van der Waals surface area contributed by atoms with Crippen LogP contribution in [0.1, 0.15) is 8.42 Å². The lowest BCUT2D eigenvalue weighted by atomic mass is 10.0. The number of amides is 4. The minimum Gasteiger partial charge on any atom is -0.497 e. The molecule has 0 aliphatic rings. The summed E-state index contributed by atoms with van der Waals surface area (Å²) in [4.78, 5) is 40.6. The van der Waals surface area contributed by atoms with Gasteiger partial charge in [-0.2, -0.15) is 4.31 Å². The molecular weight excluding hydrogens is 474 g/mol. The molecule has 12 heteroatoms. The first kappa shape index (κ1) is 27.9. The highest BCUT2D eigenvalue weighted by molar-refractivity contribution is 8.21. The minimum absolute atomic E-state index is 0. The number of likely N-dealkylation sites (N-methyl/N-ethyl adjacent to an activating group) is 3. The standard InChI is InChI=1S/C23H33N5O6S.2H2/c1-26(2)21(29)16-27(3)35(32,33)25-23(31)24-20(15-17-9-7-6-8-10-17)22(30)28(4)18-11-13-19(34-5)14-12-18;;/h6-14,20,32-33H,15-16H2,1-5H3,(H2,24,25,31);2*1H/t20-;;/m0../s1. The number of carbonyl (C=O) groups is 3. The van der Waals surface area contributed by atoms with E-state index in [-0.39, 0.29) is 21.7 Å². The van der Waals surface area contributed by atoms with Crippen LogP contribution < -0.4 is 19.7 Å². The second-order valence-corrected chi connectivity index (χ2v) is 9.87. The molecule has 4 amide bonds. The molecule has 2 aromatic carbocycles. The summed E-state index contributed by atoms with van der Waals surface area (Å²) in [6, 6.07) is 14.0. The molecule has 1 atom stereocenters. The predicted octanol–water partition coefficient (Wildman–Crippen LogP) is 2.66. The van der Waals surface area contributed by atoms with Crippen molar-refractivity contribution < 1.29 is 31.1 Å². The van der Waals surface area contributed by atoms with Crippen molar-refractivity contribution in [2.24, 2.45) is 0 Å². The molecule has 0 fully saturated rings. The molecule has 2 rings (SSSR count). The monoisotopic (exact) mass is 511 g/mol. The molecular formula is C23H37N5O6S. The predicted molar refractivity (Wildman–Crippen MR) is 140 cm³/mol. The quantitative estimate of drug-likeness (QED) is 0.385. The van der Waals surface area contributed by atoms with Gasteiger partial charge in [0.05, 0.1) is 13.7 Å². The normalized spacial score (nSPS) is 12.5. The Labute approximate surface area is 210 Å². The van der Waals surface area contributed by atoms with E-state index in [1.807, 2.05) is 30.3 Å². The highest BCUT2D eigenvalue weighted by Crippen LogP contribution is 2.36. The summed E-state index contributed by atoms with van der Waals surface area (Å²) in [7, 11) is 3.64. The summed E-state index contributed by atoms with van der Waals surface area (Å²) >= 11 is 0. The average molecular weight is 512 g/mol. The number of rotatable bonds is 10. The first-order valence-corrected chi connectivity index (χ1v) is 12.2. The molecule has 0 saturated carbocycles. The number of urea groups is 1. The summed E-state index contributed by atoms with van der Waals surface area (Å²) in [5, 5.41) is 2.54.